The van der Waals surface area contributed by atoms with E-state index in [1.165, 1.54) is 34.5 Å². The highest BCUT2D eigenvalue weighted by Crippen LogP contribution is 2.28. The second-order valence-corrected chi connectivity index (χ2v) is 8.64. The predicted octanol–water partition coefficient (Wildman–Crippen LogP) is 1.85. The van der Waals surface area contributed by atoms with Crippen LogP contribution in [0.5, 0.6) is 5.75 Å². The third-order valence-corrected chi connectivity index (χ3v) is 6.74. The van der Waals surface area contributed by atoms with E-state index in [-0.39, 0.29) is 53.9 Å². The fourth-order valence-electron chi connectivity index (χ4n) is 3.22. The monoisotopic (exact) mass is 418 g/mol. The smallest absolute Gasteiger partial charge is 0.335 e. The Hall–Kier alpha value is -2.91. The lowest BCUT2D eigenvalue weighted by Gasteiger charge is -2.34. The van der Waals surface area contributed by atoms with Gasteiger partial charge in [0.15, 0.2) is 0 Å². The van der Waals surface area contributed by atoms with Crippen LogP contribution >= 0.6 is 0 Å². The standard InChI is InChI=1S/C20H22N2O6S/c1-14-6-7-17(28-2)18(12-14)29(26,27)22-10-8-21(9-11-22)19(23)15-4-3-5-16(13-15)20(24)25/h3-7,12-13H,8-11H2,1-2H3,(H,24,25). The molecule has 3 rings (SSSR count). The van der Waals surface area contributed by atoms with Crippen molar-refractivity contribution < 1.29 is 27.9 Å². The van der Waals surface area contributed by atoms with Gasteiger partial charge >= 0.3 is 5.97 Å². The van der Waals surface area contributed by atoms with E-state index in [1.54, 1.807) is 31.2 Å². The number of hydrogen-bond donors (Lipinski definition) is 1. The quantitative estimate of drug-likeness (QED) is 0.795. The molecule has 1 aliphatic heterocycles. The first kappa shape index (κ1) is 20.8. The van der Waals surface area contributed by atoms with E-state index in [0.717, 1.165) is 5.56 Å². The maximum atomic E-state index is 13.1. The molecule has 154 valence electrons. The van der Waals surface area contributed by atoms with Gasteiger partial charge in [0.2, 0.25) is 10.0 Å². The molecule has 1 fully saturated rings. The van der Waals surface area contributed by atoms with Crippen molar-refractivity contribution in [3.8, 4) is 5.75 Å². The topological polar surface area (TPSA) is 104 Å². The number of hydrogen-bond acceptors (Lipinski definition) is 5. The first-order chi connectivity index (χ1) is 13.7. The van der Waals surface area contributed by atoms with E-state index in [4.69, 9.17) is 9.84 Å². The van der Waals surface area contributed by atoms with E-state index in [9.17, 15) is 18.0 Å². The molecular weight excluding hydrogens is 396 g/mol. The van der Waals surface area contributed by atoms with Crippen molar-refractivity contribution in [2.75, 3.05) is 33.3 Å². The highest BCUT2D eigenvalue weighted by Gasteiger charge is 2.32. The first-order valence-electron chi connectivity index (χ1n) is 9.01. The van der Waals surface area contributed by atoms with Crippen molar-refractivity contribution >= 4 is 21.9 Å². The number of aromatic carboxylic acids is 1. The van der Waals surface area contributed by atoms with E-state index in [0.29, 0.717) is 0 Å². The highest BCUT2D eigenvalue weighted by atomic mass is 32.2. The summed E-state index contributed by atoms with van der Waals surface area (Å²) in [7, 11) is -2.34. The average molecular weight is 418 g/mol. The molecular formula is C20H22N2O6S. The molecule has 1 amide bonds. The van der Waals surface area contributed by atoms with Gasteiger partial charge in [0.05, 0.1) is 12.7 Å². The lowest BCUT2D eigenvalue weighted by atomic mass is 10.1. The Morgan fingerprint density at radius 2 is 1.66 bits per heavy atom. The van der Waals surface area contributed by atoms with Gasteiger partial charge in [-0.3, -0.25) is 4.79 Å². The molecule has 2 aromatic carbocycles. The molecule has 0 aliphatic carbocycles. The van der Waals surface area contributed by atoms with Crippen LogP contribution in [0.4, 0.5) is 0 Å². The van der Waals surface area contributed by atoms with Crippen LogP contribution in [0, 0.1) is 6.92 Å². The number of carboxylic acid groups (broad SMARTS) is 1. The zero-order valence-corrected chi connectivity index (χ0v) is 17.0. The maximum Gasteiger partial charge on any atom is 0.335 e. The Morgan fingerprint density at radius 3 is 2.28 bits per heavy atom. The summed E-state index contributed by atoms with van der Waals surface area (Å²) in [4.78, 5) is 25.4. The fraction of sp³-hybridized carbons (Fsp3) is 0.300. The van der Waals surface area contributed by atoms with Crippen LogP contribution in [-0.2, 0) is 10.0 Å². The molecule has 0 aromatic heterocycles. The lowest BCUT2D eigenvalue weighted by Crippen LogP contribution is -2.50. The number of carboxylic acids is 1. The van der Waals surface area contributed by atoms with E-state index in [1.807, 2.05) is 0 Å². The summed E-state index contributed by atoms with van der Waals surface area (Å²) in [5.41, 5.74) is 1.10. The van der Waals surface area contributed by atoms with E-state index < -0.39 is 16.0 Å². The van der Waals surface area contributed by atoms with Crippen LogP contribution in [0.3, 0.4) is 0 Å². The number of methoxy groups -OCH3 is 1. The number of nitrogens with zero attached hydrogens (tertiary/aromatic N) is 2. The fourth-order valence-corrected chi connectivity index (χ4v) is 4.89. The molecule has 0 spiro atoms. The normalized spacial score (nSPS) is 15.2. The SMILES string of the molecule is COc1ccc(C)cc1S(=O)(=O)N1CCN(C(=O)c2cccc(C(=O)O)c2)CC1. The first-order valence-corrected chi connectivity index (χ1v) is 10.5. The summed E-state index contributed by atoms with van der Waals surface area (Å²) in [5, 5.41) is 9.09. The number of piperazine rings is 1. The number of carbonyl (C=O) groups excluding carboxylic acids is 1. The third kappa shape index (κ3) is 4.25. The second kappa shape index (κ2) is 8.22. The van der Waals surface area contributed by atoms with Gasteiger partial charge in [-0.05, 0) is 42.8 Å². The molecule has 0 bridgehead atoms. The molecule has 0 atom stereocenters. The molecule has 9 heteroatoms. The molecule has 1 saturated heterocycles. The molecule has 0 radical (unpaired) electrons. The van der Waals surface area contributed by atoms with E-state index >= 15 is 0 Å². The van der Waals surface area contributed by atoms with Gasteiger partial charge in [-0.15, -0.1) is 0 Å². The van der Waals surface area contributed by atoms with Crippen LogP contribution in [0.2, 0.25) is 0 Å². The van der Waals surface area contributed by atoms with Crippen molar-refractivity contribution in [3.05, 3.63) is 59.2 Å². The minimum Gasteiger partial charge on any atom is -0.495 e. The van der Waals surface area contributed by atoms with Crippen molar-refractivity contribution in [1.82, 2.24) is 9.21 Å². The van der Waals surface area contributed by atoms with Crippen LogP contribution in [0.15, 0.2) is 47.4 Å². The van der Waals surface area contributed by atoms with Crippen LogP contribution < -0.4 is 4.74 Å². The molecule has 0 saturated carbocycles. The molecule has 8 nitrogen and oxygen atoms in total. The summed E-state index contributed by atoms with van der Waals surface area (Å²) in [6, 6.07) is 10.8. The Morgan fingerprint density at radius 1 is 1.00 bits per heavy atom. The second-order valence-electron chi connectivity index (χ2n) is 6.74. The average Bonchev–Trinajstić information content (AvgIpc) is 2.73. The summed E-state index contributed by atoms with van der Waals surface area (Å²) in [5.74, 6) is -1.15. The van der Waals surface area contributed by atoms with Crippen LogP contribution in [0.25, 0.3) is 0 Å². The van der Waals surface area contributed by atoms with Gasteiger partial charge in [-0.25, -0.2) is 13.2 Å². The number of aryl methyl sites for hydroxylation is 1. The molecule has 1 aliphatic rings. The molecule has 1 heterocycles. The maximum absolute atomic E-state index is 13.1. The summed E-state index contributed by atoms with van der Waals surface area (Å²) in [6.07, 6.45) is 0. The minimum absolute atomic E-state index is 0.0311. The molecule has 1 N–H and O–H groups in total. The Labute approximate surface area is 169 Å². The molecule has 0 unspecified atom stereocenters. The van der Waals surface area contributed by atoms with Crippen molar-refractivity contribution in [3.63, 3.8) is 0 Å². The van der Waals surface area contributed by atoms with Gasteiger partial charge in [0, 0.05) is 31.7 Å². The molecule has 29 heavy (non-hydrogen) atoms. The Bertz CT molecular complexity index is 1040. The zero-order valence-electron chi connectivity index (χ0n) is 16.2. The summed E-state index contributed by atoms with van der Waals surface area (Å²) in [6.45, 7) is 2.51. The van der Waals surface area contributed by atoms with Crippen LogP contribution in [-0.4, -0.2) is 67.9 Å². The largest absolute Gasteiger partial charge is 0.495 e. The van der Waals surface area contributed by atoms with Gasteiger partial charge in [-0.1, -0.05) is 12.1 Å². The van der Waals surface area contributed by atoms with Gasteiger partial charge < -0.3 is 14.7 Å². The van der Waals surface area contributed by atoms with Crippen molar-refractivity contribution in [2.45, 2.75) is 11.8 Å². The van der Waals surface area contributed by atoms with Gasteiger partial charge in [0.1, 0.15) is 10.6 Å². The predicted molar refractivity (Wildman–Crippen MR) is 106 cm³/mol. The lowest BCUT2D eigenvalue weighted by molar-refractivity contribution is 0.0696. The van der Waals surface area contributed by atoms with Crippen LogP contribution in [0.1, 0.15) is 26.3 Å². The Kier molecular flexibility index (Phi) is 5.90. The van der Waals surface area contributed by atoms with Crippen molar-refractivity contribution in [1.29, 1.82) is 0 Å². The number of amides is 1. The van der Waals surface area contributed by atoms with Crippen molar-refractivity contribution in [2.24, 2.45) is 0 Å². The summed E-state index contributed by atoms with van der Waals surface area (Å²) >= 11 is 0. The molecule has 2 aromatic rings. The number of ether oxygens (including phenoxy) is 1. The number of benzene rings is 2. The number of rotatable bonds is 5. The third-order valence-electron chi connectivity index (χ3n) is 4.82. The highest BCUT2D eigenvalue weighted by molar-refractivity contribution is 7.89. The minimum atomic E-state index is -3.77. The summed E-state index contributed by atoms with van der Waals surface area (Å²) < 4.78 is 32.7. The number of carbonyl (C=O) groups is 2. The van der Waals surface area contributed by atoms with Gasteiger partial charge in [0.25, 0.3) is 5.91 Å². The zero-order chi connectivity index (χ0) is 21.2. The Balaban J connectivity index is 1.75. The number of sulfonamides is 1. The van der Waals surface area contributed by atoms with E-state index in [2.05, 4.69) is 0 Å². The van der Waals surface area contributed by atoms with Gasteiger partial charge in [-0.2, -0.15) is 4.31 Å².